The van der Waals surface area contributed by atoms with Gasteiger partial charge < -0.3 is 4.74 Å². The van der Waals surface area contributed by atoms with Crippen LogP contribution < -0.4 is 10.2 Å². The Hall–Kier alpha value is -2.62. The van der Waals surface area contributed by atoms with Crippen molar-refractivity contribution in [3.63, 3.8) is 0 Å². The van der Waals surface area contributed by atoms with Crippen LogP contribution in [-0.2, 0) is 4.79 Å². The number of hydrazone groups is 1. The lowest BCUT2D eigenvalue weighted by Gasteiger charge is -2.06. The van der Waals surface area contributed by atoms with Crippen molar-refractivity contribution in [1.82, 2.24) is 5.43 Å². The molecule has 2 aromatic rings. The topological polar surface area (TPSA) is 50.7 Å². The van der Waals surface area contributed by atoms with Crippen LogP contribution in [-0.4, -0.2) is 18.2 Å². The first-order chi connectivity index (χ1) is 10.1. The normalized spacial score (nSPS) is 9.81. The molecule has 0 aromatic heterocycles. The molecule has 0 heterocycles. The SMILES string of the molecule is CC(C)=NNC(=O)COc1ccc(-c2ccccc2)cc1. The van der Waals surface area contributed by atoms with Crippen molar-refractivity contribution < 1.29 is 9.53 Å². The second kappa shape index (κ2) is 7.24. The summed E-state index contributed by atoms with van der Waals surface area (Å²) in [6.45, 7) is 3.56. The van der Waals surface area contributed by atoms with Gasteiger partial charge in [-0.05, 0) is 37.1 Å². The van der Waals surface area contributed by atoms with E-state index in [0.29, 0.717) is 5.75 Å². The quantitative estimate of drug-likeness (QED) is 0.676. The van der Waals surface area contributed by atoms with Crippen molar-refractivity contribution in [2.45, 2.75) is 13.8 Å². The number of carbonyl (C=O) groups is 1. The minimum absolute atomic E-state index is 0.0541. The molecule has 0 bridgehead atoms. The van der Waals surface area contributed by atoms with E-state index >= 15 is 0 Å². The maximum absolute atomic E-state index is 11.5. The van der Waals surface area contributed by atoms with E-state index in [1.54, 1.807) is 0 Å². The van der Waals surface area contributed by atoms with E-state index in [9.17, 15) is 4.79 Å². The highest BCUT2D eigenvalue weighted by Gasteiger charge is 2.02. The summed E-state index contributed by atoms with van der Waals surface area (Å²) in [5, 5.41) is 3.83. The van der Waals surface area contributed by atoms with Gasteiger partial charge in [0.1, 0.15) is 5.75 Å². The minimum atomic E-state index is -0.275. The van der Waals surface area contributed by atoms with Crippen molar-refractivity contribution in [1.29, 1.82) is 0 Å². The van der Waals surface area contributed by atoms with E-state index in [1.165, 1.54) is 0 Å². The molecule has 0 aliphatic heterocycles. The fourth-order valence-electron chi connectivity index (χ4n) is 1.73. The number of ether oxygens (including phenoxy) is 1. The summed E-state index contributed by atoms with van der Waals surface area (Å²) in [6, 6.07) is 17.7. The summed E-state index contributed by atoms with van der Waals surface area (Å²) in [7, 11) is 0. The summed E-state index contributed by atoms with van der Waals surface area (Å²) in [6.07, 6.45) is 0. The molecule has 108 valence electrons. The molecule has 4 nitrogen and oxygen atoms in total. The van der Waals surface area contributed by atoms with Crippen LogP contribution in [0.4, 0.5) is 0 Å². The molecule has 0 radical (unpaired) electrons. The molecule has 0 atom stereocenters. The molecular formula is C17H18N2O2. The van der Waals surface area contributed by atoms with Crippen LogP contribution in [0, 0.1) is 0 Å². The van der Waals surface area contributed by atoms with Gasteiger partial charge >= 0.3 is 0 Å². The van der Waals surface area contributed by atoms with E-state index in [0.717, 1.165) is 16.8 Å². The van der Waals surface area contributed by atoms with Gasteiger partial charge in [0.15, 0.2) is 6.61 Å². The van der Waals surface area contributed by atoms with E-state index in [1.807, 2.05) is 68.4 Å². The first kappa shape index (κ1) is 14.8. The van der Waals surface area contributed by atoms with Gasteiger partial charge in [0.05, 0.1) is 0 Å². The Balaban J connectivity index is 1.91. The Labute approximate surface area is 124 Å². The van der Waals surface area contributed by atoms with Crippen LogP contribution >= 0.6 is 0 Å². The van der Waals surface area contributed by atoms with E-state index in [-0.39, 0.29) is 12.5 Å². The Kier molecular flexibility index (Phi) is 5.10. The van der Waals surface area contributed by atoms with Gasteiger partial charge in [-0.3, -0.25) is 4.79 Å². The van der Waals surface area contributed by atoms with Crippen molar-refractivity contribution in [3.05, 3.63) is 54.6 Å². The standard InChI is InChI=1S/C17H18N2O2/c1-13(2)18-19-17(20)12-21-16-10-8-15(9-11-16)14-6-4-3-5-7-14/h3-11H,12H2,1-2H3,(H,19,20). The van der Waals surface area contributed by atoms with Crippen LogP contribution in [0.25, 0.3) is 11.1 Å². The zero-order chi connectivity index (χ0) is 15.1. The fraction of sp³-hybridized carbons (Fsp3) is 0.176. The molecule has 2 rings (SSSR count). The van der Waals surface area contributed by atoms with Gasteiger partial charge in [-0.1, -0.05) is 42.5 Å². The summed E-state index contributed by atoms with van der Waals surface area (Å²) in [4.78, 5) is 11.5. The monoisotopic (exact) mass is 282 g/mol. The zero-order valence-corrected chi connectivity index (χ0v) is 12.2. The number of carbonyl (C=O) groups excluding carboxylic acids is 1. The Morgan fingerprint density at radius 1 is 1.00 bits per heavy atom. The predicted molar refractivity (Wildman–Crippen MR) is 84.3 cm³/mol. The minimum Gasteiger partial charge on any atom is -0.484 e. The highest BCUT2D eigenvalue weighted by Crippen LogP contribution is 2.21. The Bertz CT molecular complexity index is 615. The lowest BCUT2D eigenvalue weighted by atomic mass is 10.1. The highest BCUT2D eigenvalue weighted by atomic mass is 16.5. The molecule has 1 amide bonds. The first-order valence-electron chi connectivity index (χ1n) is 6.73. The molecule has 0 saturated carbocycles. The van der Waals surface area contributed by atoms with Crippen LogP contribution in [0.1, 0.15) is 13.8 Å². The molecule has 21 heavy (non-hydrogen) atoms. The number of nitrogens with one attached hydrogen (secondary N) is 1. The Morgan fingerprint density at radius 3 is 2.24 bits per heavy atom. The predicted octanol–water partition coefficient (Wildman–Crippen LogP) is 3.24. The van der Waals surface area contributed by atoms with E-state index in [4.69, 9.17) is 4.74 Å². The summed E-state index contributed by atoms with van der Waals surface area (Å²) in [5.74, 6) is 0.380. The lowest BCUT2D eigenvalue weighted by molar-refractivity contribution is -0.123. The van der Waals surface area contributed by atoms with Crippen LogP contribution in [0.2, 0.25) is 0 Å². The first-order valence-corrected chi connectivity index (χ1v) is 6.73. The molecule has 2 aromatic carbocycles. The van der Waals surface area contributed by atoms with Gasteiger partial charge in [-0.25, -0.2) is 5.43 Å². The fourth-order valence-corrected chi connectivity index (χ4v) is 1.73. The average Bonchev–Trinajstić information content (AvgIpc) is 2.52. The maximum atomic E-state index is 11.5. The van der Waals surface area contributed by atoms with Gasteiger partial charge in [-0.2, -0.15) is 5.10 Å². The zero-order valence-electron chi connectivity index (χ0n) is 12.2. The second-order valence-corrected chi connectivity index (χ2v) is 4.77. The van der Waals surface area contributed by atoms with Gasteiger partial charge in [0.2, 0.25) is 0 Å². The molecule has 0 aliphatic carbocycles. The molecule has 4 heteroatoms. The number of hydrogen-bond acceptors (Lipinski definition) is 3. The molecular weight excluding hydrogens is 264 g/mol. The number of hydrogen-bond donors (Lipinski definition) is 1. The van der Waals surface area contributed by atoms with Crippen molar-refractivity contribution in [2.75, 3.05) is 6.61 Å². The van der Waals surface area contributed by atoms with Gasteiger partial charge in [0, 0.05) is 5.71 Å². The lowest BCUT2D eigenvalue weighted by Crippen LogP contribution is -2.25. The largest absolute Gasteiger partial charge is 0.484 e. The van der Waals surface area contributed by atoms with E-state index < -0.39 is 0 Å². The molecule has 0 aliphatic rings. The van der Waals surface area contributed by atoms with Gasteiger partial charge in [0.25, 0.3) is 5.91 Å². The highest BCUT2D eigenvalue weighted by molar-refractivity contribution is 5.83. The second-order valence-electron chi connectivity index (χ2n) is 4.77. The summed E-state index contributed by atoms with van der Waals surface area (Å²) >= 11 is 0. The third-order valence-corrected chi connectivity index (χ3v) is 2.74. The van der Waals surface area contributed by atoms with Crippen molar-refractivity contribution in [2.24, 2.45) is 5.10 Å². The molecule has 0 fully saturated rings. The smallest absolute Gasteiger partial charge is 0.277 e. The van der Waals surface area contributed by atoms with E-state index in [2.05, 4.69) is 10.5 Å². The number of benzene rings is 2. The molecule has 1 N–H and O–H groups in total. The average molecular weight is 282 g/mol. The van der Waals surface area contributed by atoms with Crippen LogP contribution in [0.15, 0.2) is 59.7 Å². The number of rotatable bonds is 5. The molecule has 0 spiro atoms. The summed E-state index contributed by atoms with van der Waals surface area (Å²) in [5.41, 5.74) is 5.46. The maximum Gasteiger partial charge on any atom is 0.277 e. The van der Waals surface area contributed by atoms with Crippen molar-refractivity contribution in [3.8, 4) is 16.9 Å². The number of amides is 1. The Morgan fingerprint density at radius 2 is 1.62 bits per heavy atom. The molecule has 0 unspecified atom stereocenters. The number of nitrogens with zero attached hydrogens (tertiary/aromatic N) is 1. The van der Waals surface area contributed by atoms with Crippen molar-refractivity contribution >= 4 is 11.6 Å². The summed E-state index contributed by atoms with van der Waals surface area (Å²) < 4.78 is 5.41. The third kappa shape index (κ3) is 4.76. The molecule has 0 saturated heterocycles. The van der Waals surface area contributed by atoms with Crippen LogP contribution in [0.3, 0.4) is 0 Å². The van der Waals surface area contributed by atoms with Gasteiger partial charge in [-0.15, -0.1) is 0 Å². The van der Waals surface area contributed by atoms with Crippen LogP contribution in [0.5, 0.6) is 5.75 Å². The third-order valence-electron chi connectivity index (χ3n) is 2.74.